The minimum Gasteiger partial charge on any atom is -0.490 e. The predicted molar refractivity (Wildman–Crippen MR) is 88.4 cm³/mol. The molecular formula is C19H23NO2. The highest BCUT2D eigenvalue weighted by molar-refractivity contribution is 5.44. The minimum atomic E-state index is 0.447. The standard InChI is InChI=1S/C19H23NO2/c1-2-21-19-13-16(17-9-6-12-20-17)10-11-18(19)22-14-15-7-4-3-5-8-15/h3-5,7-8,10-11,13,17,20H,2,6,9,12,14H2,1H3/t17-/m0/s1. The molecule has 0 amide bonds. The van der Waals surface area contributed by atoms with E-state index in [-0.39, 0.29) is 0 Å². The highest BCUT2D eigenvalue weighted by Gasteiger charge is 2.18. The molecule has 0 spiro atoms. The van der Waals surface area contributed by atoms with E-state index in [0.29, 0.717) is 19.3 Å². The van der Waals surface area contributed by atoms with Gasteiger partial charge in [-0.25, -0.2) is 0 Å². The zero-order valence-corrected chi connectivity index (χ0v) is 13.0. The first-order valence-electron chi connectivity index (χ1n) is 8.03. The highest BCUT2D eigenvalue weighted by Crippen LogP contribution is 2.33. The number of ether oxygens (including phenoxy) is 2. The first kappa shape index (κ1) is 14.9. The van der Waals surface area contributed by atoms with Crippen LogP contribution in [0.3, 0.4) is 0 Å². The van der Waals surface area contributed by atoms with Gasteiger partial charge in [0.15, 0.2) is 11.5 Å². The van der Waals surface area contributed by atoms with Crippen molar-refractivity contribution in [2.45, 2.75) is 32.4 Å². The molecule has 116 valence electrons. The quantitative estimate of drug-likeness (QED) is 0.871. The zero-order chi connectivity index (χ0) is 15.2. The summed E-state index contributed by atoms with van der Waals surface area (Å²) in [4.78, 5) is 0. The second kappa shape index (κ2) is 7.32. The zero-order valence-electron chi connectivity index (χ0n) is 13.0. The van der Waals surface area contributed by atoms with Crippen molar-refractivity contribution < 1.29 is 9.47 Å². The van der Waals surface area contributed by atoms with Gasteiger partial charge < -0.3 is 14.8 Å². The van der Waals surface area contributed by atoms with Crippen molar-refractivity contribution in [3.63, 3.8) is 0 Å². The van der Waals surface area contributed by atoms with Crippen LogP contribution < -0.4 is 14.8 Å². The van der Waals surface area contributed by atoms with E-state index in [9.17, 15) is 0 Å². The molecule has 0 unspecified atom stereocenters. The molecule has 0 radical (unpaired) electrons. The minimum absolute atomic E-state index is 0.447. The van der Waals surface area contributed by atoms with Crippen molar-refractivity contribution in [3.05, 3.63) is 59.7 Å². The third-order valence-electron chi connectivity index (χ3n) is 3.97. The van der Waals surface area contributed by atoms with Crippen LogP contribution in [0.1, 0.15) is 36.9 Å². The fraction of sp³-hybridized carbons (Fsp3) is 0.368. The van der Waals surface area contributed by atoms with Crippen LogP contribution in [0, 0.1) is 0 Å². The molecule has 3 rings (SSSR count). The van der Waals surface area contributed by atoms with Crippen LogP contribution in [0.2, 0.25) is 0 Å². The van der Waals surface area contributed by atoms with Gasteiger partial charge in [-0.2, -0.15) is 0 Å². The number of hydrogen-bond acceptors (Lipinski definition) is 3. The summed E-state index contributed by atoms with van der Waals surface area (Å²) < 4.78 is 11.7. The van der Waals surface area contributed by atoms with E-state index >= 15 is 0 Å². The highest BCUT2D eigenvalue weighted by atomic mass is 16.5. The summed E-state index contributed by atoms with van der Waals surface area (Å²) in [6, 6.07) is 16.9. The lowest BCUT2D eigenvalue weighted by Crippen LogP contribution is -2.13. The molecule has 2 aromatic carbocycles. The Kier molecular flexibility index (Phi) is 4.96. The van der Waals surface area contributed by atoms with Crippen LogP contribution >= 0.6 is 0 Å². The smallest absolute Gasteiger partial charge is 0.161 e. The van der Waals surface area contributed by atoms with Crippen LogP contribution in [-0.2, 0) is 6.61 Å². The SMILES string of the molecule is CCOc1cc([C@@H]2CCCN2)ccc1OCc1ccccc1. The van der Waals surface area contributed by atoms with Gasteiger partial charge in [0, 0.05) is 6.04 Å². The third-order valence-corrected chi connectivity index (χ3v) is 3.97. The van der Waals surface area contributed by atoms with Crippen molar-refractivity contribution >= 4 is 0 Å². The van der Waals surface area contributed by atoms with Crippen molar-refractivity contribution in [2.24, 2.45) is 0 Å². The Hall–Kier alpha value is -2.00. The molecule has 1 aliphatic rings. The van der Waals surface area contributed by atoms with E-state index in [1.807, 2.05) is 31.2 Å². The molecule has 1 N–H and O–H groups in total. The van der Waals surface area contributed by atoms with Gasteiger partial charge >= 0.3 is 0 Å². The predicted octanol–water partition coefficient (Wildman–Crippen LogP) is 4.09. The topological polar surface area (TPSA) is 30.5 Å². The molecule has 22 heavy (non-hydrogen) atoms. The fourth-order valence-corrected chi connectivity index (χ4v) is 2.83. The van der Waals surface area contributed by atoms with Crippen LogP contribution in [0.25, 0.3) is 0 Å². The van der Waals surface area contributed by atoms with E-state index < -0.39 is 0 Å². The molecule has 1 heterocycles. The Morgan fingerprint density at radius 2 is 1.91 bits per heavy atom. The van der Waals surface area contributed by atoms with Crippen LogP contribution in [0.15, 0.2) is 48.5 Å². The summed E-state index contributed by atoms with van der Waals surface area (Å²) in [7, 11) is 0. The van der Waals surface area contributed by atoms with Gasteiger partial charge in [0.2, 0.25) is 0 Å². The molecule has 1 saturated heterocycles. The molecule has 1 aliphatic heterocycles. The molecule has 0 aromatic heterocycles. The van der Waals surface area contributed by atoms with Gasteiger partial charge in [-0.3, -0.25) is 0 Å². The lowest BCUT2D eigenvalue weighted by Gasteiger charge is -2.16. The van der Waals surface area contributed by atoms with E-state index in [0.717, 1.165) is 23.6 Å². The van der Waals surface area contributed by atoms with Crippen LogP contribution in [-0.4, -0.2) is 13.2 Å². The Bertz CT molecular complexity index is 592. The summed E-state index contributed by atoms with van der Waals surface area (Å²) in [6.45, 7) is 4.30. The summed E-state index contributed by atoms with van der Waals surface area (Å²) >= 11 is 0. The number of nitrogens with one attached hydrogen (secondary N) is 1. The number of rotatable bonds is 6. The van der Waals surface area contributed by atoms with E-state index in [1.54, 1.807) is 0 Å². The maximum Gasteiger partial charge on any atom is 0.161 e. The van der Waals surface area contributed by atoms with Crippen molar-refractivity contribution in [3.8, 4) is 11.5 Å². The Morgan fingerprint density at radius 3 is 2.64 bits per heavy atom. The van der Waals surface area contributed by atoms with Gasteiger partial charge in [-0.1, -0.05) is 36.4 Å². The van der Waals surface area contributed by atoms with E-state index in [2.05, 4.69) is 29.6 Å². The molecule has 1 atom stereocenters. The van der Waals surface area contributed by atoms with E-state index in [4.69, 9.17) is 9.47 Å². The maximum absolute atomic E-state index is 5.95. The molecule has 2 aromatic rings. The summed E-state index contributed by atoms with van der Waals surface area (Å²) in [6.07, 6.45) is 2.43. The Morgan fingerprint density at radius 1 is 1.05 bits per heavy atom. The van der Waals surface area contributed by atoms with Gasteiger partial charge in [-0.05, 0) is 49.6 Å². The van der Waals surface area contributed by atoms with Gasteiger partial charge in [0.05, 0.1) is 6.61 Å². The summed E-state index contributed by atoms with van der Waals surface area (Å²) in [5, 5.41) is 3.52. The van der Waals surface area contributed by atoms with Crippen LogP contribution in [0.5, 0.6) is 11.5 Å². The second-order valence-corrected chi connectivity index (χ2v) is 5.56. The lowest BCUT2D eigenvalue weighted by atomic mass is 10.0. The van der Waals surface area contributed by atoms with Gasteiger partial charge in [0.25, 0.3) is 0 Å². The summed E-state index contributed by atoms with van der Waals surface area (Å²) in [5.74, 6) is 1.65. The molecule has 1 fully saturated rings. The monoisotopic (exact) mass is 297 g/mol. The summed E-state index contributed by atoms with van der Waals surface area (Å²) in [5.41, 5.74) is 2.44. The number of benzene rings is 2. The van der Waals surface area contributed by atoms with E-state index in [1.165, 1.54) is 18.4 Å². The average Bonchev–Trinajstić information content (AvgIpc) is 3.09. The van der Waals surface area contributed by atoms with Gasteiger partial charge in [-0.15, -0.1) is 0 Å². The van der Waals surface area contributed by atoms with Crippen LogP contribution in [0.4, 0.5) is 0 Å². The molecule has 3 nitrogen and oxygen atoms in total. The van der Waals surface area contributed by atoms with Crippen molar-refractivity contribution in [2.75, 3.05) is 13.2 Å². The average molecular weight is 297 g/mol. The molecule has 0 saturated carbocycles. The van der Waals surface area contributed by atoms with Crippen molar-refractivity contribution in [1.82, 2.24) is 5.32 Å². The molecule has 0 aliphatic carbocycles. The number of hydrogen-bond donors (Lipinski definition) is 1. The molecular weight excluding hydrogens is 274 g/mol. The second-order valence-electron chi connectivity index (χ2n) is 5.56. The fourth-order valence-electron chi connectivity index (χ4n) is 2.83. The Balaban J connectivity index is 1.74. The first-order valence-corrected chi connectivity index (χ1v) is 8.03. The van der Waals surface area contributed by atoms with Gasteiger partial charge in [0.1, 0.15) is 6.61 Å². The third kappa shape index (κ3) is 3.60. The normalized spacial score (nSPS) is 17.4. The lowest BCUT2D eigenvalue weighted by molar-refractivity contribution is 0.269. The van der Waals surface area contributed by atoms with Crippen molar-refractivity contribution in [1.29, 1.82) is 0 Å². The maximum atomic E-state index is 5.95. The molecule has 0 bridgehead atoms. The largest absolute Gasteiger partial charge is 0.490 e. The first-order chi connectivity index (χ1) is 10.9. The Labute approximate surface area is 132 Å². The molecule has 3 heteroatoms.